The fourth-order valence-corrected chi connectivity index (χ4v) is 2.65. The van der Waals surface area contributed by atoms with E-state index in [1.807, 2.05) is 6.07 Å². The van der Waals surface area contributed by atoms with Crippen LogP contribution in [0.4, 0.5) is 5.69 Å². The van der Waals surface area contributed by atoms with Crippen LogP contribution in [0.2, 0.25) is 0 Å². The molecular weight excluding hydrogens is 342 g/mol. The standard InChI is InChI=1S/C21H29N3O3/c1-2-3-4-5-6-12-22-20(25)16-23-18-10-7-9-17(14-18)21(26)24-15-19-11-8-13-27-19/h7-11,13-14,23H,2-6,12,15-16H2,1H3,(H,22,25)(H,24,26). The Hall–Kier alpha value is -2.76. The monoisotopic (exact) mass is 371 g/mol. The van der Waals surface area contributed by atoms with Gasteiger partial charge in [-0.3, -0.25) is 9.59 Å². The first-order chi connectivity index (χ1) is 13.2. The topological polar surface area (TPSA) is 83.4 Å². The van der Waals surface area contributed by atoms with Crippen LogP contribution in [0.1, 0.15) is 55.1 Å². The van der Waals surface area contributed by atoms with Crippen LogP contribution in [-0.2, 0) is 11.3 Å². The van der Waals surface area contributed by atoms with Crippen LogP contribution in [-0.4, -0.2) is 24.9 Å². The summed E-state index contributed by atoms with van der Waals surface area (Å²) in [6.07, 6.45) is 7.42. The first-order valence-corrected chi connectivity index (χ1v) is 9.60. The van der Waals surface area contributed by atoms with Gasteiger partial charge in [-0.05, 0) is 36.8 Å². The molecule has 0 bridgehead atoms. The van der Waals surface area contributed by atoms with Crippen molar-refractivity contribution in [2.24, 2.45) is 0 Å². The van der Waals surface area contributed by atoms with E-state index in [0.717, 1.165) is 18.5 Å². The van der Waals surface area contributed by atoms with E-state index in [-0.39, 0.29) is 18.4 Å². The number of hydrogen-bond donors (Lipinski definition) is 3. The highest BCUT2D eigenvalue weighted by molar-refractivity contribution is 5.95. The number of benzene rings is 1. The second-order valence-corrected chi connectivity index (χ2v) is 6.46. The highest BCUT2D eigenvalue weighted by Crippen LogP contribution is 2.11. The molecule has 3 N–H and O–H groups in total. The SMILES string of the molecule is CCCCCCCNC(=O)CNc1cccc(C(=O)NCc2ccco2)c1. The summed E-state index contributed by atoms with van der Waals surface area (Å²) in [7, 11) is 0. The van der Waals surface area contributed by atoms with Gasteiger partial charge in [0.05, 0.1) is 19.4 Å². The molecule has 2 rings (SSSR count). The van der Waals surface area contributed by atoms with Crippen molar-refractivity contribution in [1.29, 1.82) is 0 Å². The number of nitrogens with one attached hydrogen (secondary N) is 3. The summed E-state index contributed by atoms with van der Waals surface area (Å²) in [5, 5.41) is 8.77. The van der Waals surface area contributed by atoms with Gasteiger partial charge in [-0.1, -0.05) is 38.7 Å². The molecule has 2 amide bonds. The Morgan fingerprint density at radius 3 is 2.63 bits per heavy atom. The zero-order chi connectivity index (χ0) is 19.3. The Morgan fingerprint density at radius 1 is 1.00 bits per heavy atom. The van der Waals surface area contributed by atoms with Gasteiger partial charge in [-0.25, -0.2) is 0 Å². The van der Waals surface area contributed by atoms with Crippen molar-refractivity contribution in [3.05, 3.63) is 54.0 Å². The van der Waals surface area contributed by atoms with E-state index >= 15 is 0 Å². The molecule has 6 nitrogen and oxygen atoms in total. The zero-order valence-electron chi connectivity index (χ0n) is 15.9. The number of unbranched alkanes of at least 4 members (excludes halogenated alkanes) is 4. The average molecular weight is 371 g/mol. The molecule has 27 heavy (non-hydrogen) atoms. The van der Waals surface area contributed by atoms with Gasteiger partial charge in [0.25, 0.3) is 5.91 Å². The number of hydrogen-bond acceptors (Lipinski definition) is 4. The van der Waals surface area contributed by atoms with Crippen molar-refractivity contribution in [3.63, 3.8) is 0 Å². The Labute approximate surface area is 160 Å². The van der Waals surface area contributed by atoms with Gasteiger partial charge in [0.2, 0.25) is 5.91 Å². The summed E-state index contributed by atoms with van der Waals surface area (Å²) >= 11 is 0. The van der Waals surface area contributed by atoms with Gasteiger partial charge in [-0.2, -0.15) is 0 Å². The van der Waals surface area contributed by atoms with Crippen molar-refractivity contribution < 1.29 is 14.0 Å². The van der Waals surface area contributed by atoms with Gasteiger partial charge in [0.15, 0.2) is 0 Å². The minimum absolute atomic E-state index is 0.0434. The third-order valence-electron chi connectivity index (χ3n) is 4.18. The molecule has 0 unspecified atom stereocenters. The van der Waals surface area contributed by atoms with E-state index in [2.05, 4.69) is 22.9 Å². The smallest absolute Gasteiger partial charge is 0.251 e. The molecule has 2 aromatic rings. The van der Waals surface area contributed by atoms with Crippen molar-refractivity contribution >= 4 is 17.5 Å². The molecule has 6 heteroatoms. The molecule has 146 valence electrons. The van der Waals surface area contributed by atoms with Gasteiger partial charge < -0.3 is 20.4 Å². The van der Waals surface area contributed by atoms with Crippen LogP contribution < -0.4 is 16.0 Å². The molecule has 1 aromatic carbocycles. The Balaban J connectivity index is 1.69. The maximum Gasteiger partial charge on any atom is 0.251 e. The first-order valence-electron chi connectivity index (χ1n) is 9.60. The van der Waals surface area contributed by atoms with Crippen LogP contribution in [0.5, 0.6) is 0 Å². The lowest BCUT2D eigenvalue weighted by molar-refractivity contribution is -0.119. The minimum atomic E-state index is -0.188. The van der Waals surface area contributed by atoms with E-state index in [1.165, 1.54) is 19.3 Å². The molecule has 0 aliphatic heterocycles. The van der Waals surface area contributed by atoms with Gasteiger partial charge in [0, 0.05) is 17.8 Å². The van der Waals surface area contributed by atoms with E-state index in [4.69, 9.17) is 4.42 Å². The highest BCUT2D eigenvalue weighted by atomic mass is 16.3. The maximum absolute atomic E-state index is 12.2. The molecule has 0 spiro atoms. The minimum Gasteiger partial charge on any atom is -0.467 e. The second kappa shape index (κ2) is 11.8. The fraction of sp³-hybridized carbons (Fsp3) is 0.429. The maximum atomic E-state index is 12.2. The second-order valence-electron chi connectivity index (χ2n) is 6.46. The largest absolute Gasteiger partial charge is 0.467 e. The van der Waals surface area contributed by atoms with Crippen molar-refractivity contribution in [2.75, 3.05) is 18.4 Å². The number of amides is 2. The molecule has 0 fully saturated rings. The normalized spacial score (nSPS) is 10.4. The quantitative estimate of drug-likeness (QED) is 0.497. The van der Waals surface area contributed by atoms with Crippen LogP contribution in [0.15, 0.2) is 47.1 Å². The molecule has 0 aliphatic rings. The van der Waals surface area contributed by atoms with Crippen LogP contribution in [0, 0.1) is 0 Å². The van der Waals surface area contributed by atoms with E-state index < -0.39 is 0 Å². The molecule has 0 radical (unpaired) electrons. The molecule has 1 heterocycles. The molecule has 1 aromatic heterocycles. The lowest BCUT2D eigenvalue weighted by Crippen LogP contribution is -2.30. The highest BCUT2D eigenvalue weighted by Gasteiger charge is 2.07. The van der Waals surface area contributed by atoms with Crippen molar-refractivity contribution in [1.82, 2.24) is 10.6 Å². The summed E-state index contributed by atoms with van der Waals surface area (Å²) in [6, 6.07) is 10.7. The number of carbonyl (C=O) groups is 2. The molecular formula is C21H29N3O3. The van der Waals surface area contributed by atoms with Crippen molar-refractivity contribution in [3.8, 4) is 0 Å². The number of rotatable bonds is 12. The Morgan fingerprint density at radius 2 is 1.85 bits per heavy atom. The van der Waals surface area contributed by atoms with E-state index in [1.54, 1.807) is 36.6 Å². The average Bonchev–Trinajstić information content (AvgIpc) is 3.21. The lowest BCUT2D eigenvalue weighted by atomic mass is 10.1. The molecule has 0 aliphatic carbocycles. The molecule has 0 saturated carbocycles. The predicted molar refractivity (Wildman–Crippen MR) is 107 cm³/mol. The lowest BCUT2D eigenvalue weighted by Gasteiger charge is -2.09. The number of carbonyl (C=O) groups excluding carboxylic acids is 2. The Kier molecular flexibility index (Phi) is 8.96. The summed E-state index contributed by atoms with van der Waals surface area (Å²) in [4.78, 5) is 24.1. The summed E-state index contributed by atoms with van der Waals surface area (Å²) in [6.45, 7) is 3.42. The molecule has 0 saturated heterocycles. The third kappa shape index (κ3) is 7.98. The van der Waals surface area contributed by atoms with Crippen LogP contribution >= 0.6 is 0 Å². The summed E-state index contributed by atoms with van der Waals surface area (Å²) < 4.78 is 5.20. The van der Waals surface area contributed by atoms with Gasteiger partial charge >= 0.3 is 0 Å². The van der Waals surface area contributed by atoms with Gasteiger partial charge in [0.1, 0.15) is 5.76 Å². The third-order valence-corrected chi connectivity index (χ3v) is 4.18. The number of anilines is 1. The first kappa shape index (κ1) is 20.6. The van der Waals surface area contributed by atoms with Gasteiger partial charge in [-0.15, -0.1) is 0 Å². The van der Waals surface area contributed by atoms with E-state index in [0.29, 0.717) is 24.4 Å². The number of furan rings is 1. The van der Waals surface area contributed by atoms with Crippen LogP contribution in [0.3, 0.4) is 0 Å². The van der Waals surface area contributed by atoms with Crippen molar-refractivity contribution in [2.45, 2.75) is 45.6 Å². The summed E-state index contributed by atoms with van der Waals surface area (Å²) in [5.41, 5.74) is 1.27. The predicted octanol–water partition coefficient (Wildman–Crippen LogP) is 3.71. The van der Waals surface area contributed by atoms with Crippen LogP contribution in [0.25, 0.3) is 0 Å². The fourth-order valence-electron chi connectivity index (χ4n) is 2.65. The Bertz CT molecular complexity index is 698. The summed E-state index contributed by atoms with van der Waals surface area (Å²) in [5.74, 6) is 0.466. The zero-order valence-corrected chi connectivity index (χ0v) is 15.9. The molecule has 0 atom stereocenters. The van der Waals surface area contributed by atoms with E-state index in [9.17, 15) is 9.59 Å².